The minimum atomic E-state index is -0.711. The second kappa shape index (κ2) is 3.89. The number of Topliss-reactive ketones (excluding diaryl/α,β-unsaturated/α-hetero) is 1. The van der Waals surface area contributed by atoms with E-state index < -0.39 is 20.4 Å². The molecule has 0 fully saturated rings. The lowest BCUT2D eigenvalue weighted by Crippen LogP contribution is -2.10. The van der Waals surface area contributed by atoms with Gasteiger partial charge in [0.15, 0.2) is 0 Å². The highest BCUT2D eigenvalue weighted by molar-refractivity contribution is 7.18. The van der Waals surface area contributed by atoms with Crippen molar-refractivity contribution in [3.63, 3.8) is 0 Å². The van der Waals surface area contributed by atoms with E-state index in [0.29, 0.717) is 0 Å². The van der Waals surface area contributed by atoms with Crippen LogP contribution in [0.2, 0.25) is 0 Å². The molecule has 0 aliphatic rings. The maximum atomic E-state index is 10.2. The molecule has 0 heterocycles. The predicted molar refractivity (Wildman–Crippen MR) is 28.0 cm³/mol. The molecule has 0 rings (SSSR count). The summed E-state index contributed by atoms with van der Waals surface area (Å²) in [5.74, 6) is -1.15. The lowest BCUT2D eigenvalue weighted by molar-refractivity contribution is -0.118. The van der Waals surface area contributed by atoms with Crippen LogP contribution in [-0.4, -0.2) is 16.5 Å². The summed E-state index contributed by atoms with van der Waals surface area (Å²) in [6.07, 6.45) is 0. The van der Waals surface area contributed by atoms with E-state index in [1.165, 1.54) is 0 Å². The van der Waals surface area contributed by atoms with Gasteiger partial charge in [0, 0.05) is 6.92 Å². The van der Waals surface area contributed by atoms with Gasteiger partial charge in [-0.15, -0.1) is 4.79 Å². The van der Waals surface area contributed by atoms with Gasteiger partial charge in [0.05, 0.1) is 0 Å². The van der Waals surface area contributed by atoms with Crippen molar-refractivity contribution < 1.29 is 18.7 Å². The Labute approximate surface area is 52.5 Å². The number of hydrogen-bond acceptors (Lipinski definition) is 3. The number of carbonyl (C=O) groups excluding carboxylic acids is 1. The molecule has 6 heteroatoms. The summed E-state index contributed by atoms with van der Waals surface area (Å²) in [5.41, 5.74) is 7.93. The van der Waals surface area contributed by atoms with Gasteiger partial charge in [0.2, 0.25) is 0 Å². The fourth-order valence-corrected chi connectivity index (χ4v) is 0.424. The maximum absolute atomic E-state index is 10.2. The van der Waals surface area contributed by atoms with Gasteiger partial charge in [0.1, 0.15) is 0 Å². The Kier molecular flexibility index (Phi) is 3.44. The fraction of sp³-hybridized carbons (Fsp3) is 0.333. The average Bonchev–Trinajstić information content (AvgIpc) is 1.82. The van der Waals surface area contributed by atoms with Crippen LogP contribution in [0.4, 0.5) is 0 Å². The topological polar surface area (TPSA) is 79.8 Å². The summed E-state index contributed by atoms with van der Waals surface area (Å²) >= 11 is 0. The van der Waals surface area contributed by atoms with Crippen LogP contribution in [0.3, 0.4) is 0 Å². The van der Waals surface area contributed by atoms with Gasteiger partial charge < -0.3 is 10.1 Å². The van der Waals surface area contributed by atoms with Gasteiger partial charge in [-0.3, -0.25) is 4.79 Å². The highest BCUT2D eigenvalue weighted by atomic mass is 31.1. The first kappa shape index (κ1) is 7.95. The average molecular weight is 146 g/mol. The van der Waals surface area contributed by atoms with Crippen LogP contribution >= 0.6 is 8.69 Å². The summed E-state index contributed by atoms with van der Waals surface area (Å²) in [6.45, 7) is 1.13. The SMILES string of the molecule is CC(=O)C(=[N+]=[N-])OP=O. The quantitative estimate of drug-likeness (QED) is 0.186. The Balaban J connectivity index is 4.18. The van der Waals surface area contributed by atoms with Crippen molar-refractivity contribution in [1.82, 2.24) is 0 Å². The van der Waals surface area contributed by atoms with Crippen molar-refractivity contribution in [3.8, 4) is 0 Å². The molecule has 48 valence electrons. The Morgan fingerprint density at radius 2 is 2.33 bits per heavy atom. The van der Waals surface area contributed by atoms with E-state index >= 15 is 0 Å². The first-order valence-corrected chi connectivity index (χ1v) is 2.68. The van der Waals surface area contributed by atoms with E-state index in [-0.39, 0.29) is 0 Å². The fourth-order valence-electron chi connectivity index (χ4n) is 0.188. The zero-order valence-corrected chi connectivity index (χ0v) is 5.46. The smallest absolute Gasteiger partial charge is 0.357 e. The summed E-state index contributed by atoms with van der Waals surface area (Å²) in [4.78, 5) is 12.6. The summed E-state index contributed by atoms with van der Waals surface area (Å²) in [6, 6.07) is 0. The van der Waals surface area contributed by atoms with E-state index in [0.717, 1.165) is 6.92 Å². The molecule has 0 atom stereocenters. The van der Waals surface area contributed by atoms with Crippen molar-refractivity contribution >= 4 is 20.4 Å². The Morgan fingerprint density at radius 3 is 2.44 bits per heavy atom. The third-order valence-electron chi connectivity index (χ3n) is 0.516. The van der Waals surface area contributed by atoms with Crippen LogP contribution in [-0.2, 0) is 13.9 Å². The van der Waals surface area contributed by atoms with Crippen LogP contribution in [0.15, 0.2) is 0 Å². The second-order valence-corrected chi connectivity index (χ2v) is 1.46. The molecule has 0 saturated heterocycles. The molecule has 0 unspecified atom stereocenters. The van der Waals surface area contributed by atoms with Gasteiger partial charge in [0.25, 0.3) is 5.78 Å². The lowest BCUT2D eigenvalue weighted by Gasteiger charge is -1.79. The third-order valence-corrected chi connectivity index (χ3v) is 0.763. The van der Waals surface area contributed by atoms with Crippen molar-refractivity contribution in [3.05, 3.63) is 5.53 Å². The van der Waals surface area contributed by atoms with Gasteiger partial charge in [-0.2, -0.15) is 0 Å². The largest absolute Gasteiger partial charge is 0.528 e. The van der Waals surface area contributed by atoms with Gasteiger partial charge in [-0.1, -0.05) is 0 Å². The molecule has 0 saturated carbocycles. The van der Waals surface area contributed by atoms with E-state index in [4.69, 9.17) is 5.53 Å². The minimum Gasteiger partial charge on any atom is -0.357 e. The first-order chi connectivity index (χ1) is 4.22. The normalized spacial score (nSPS) is 8.11. The molecule has 0 aromatic heterocycles. The van der Waals surface area contributed by atoms with Crippen LogP contribution < -0.4 is 0 Å². The molecule has 0 aliphatic heterocycles. The molecule has 0 aromatic rings. The molecule has 0 bridgehead atoms. The van der Waals surface area contributed by atoms with Crippen LogP contribution in [0, 0.1) is 0 Å². The van der Waals surface area contributed by atoms with Crippen molar-refractivity contribution in [2.24, 2.45) is 0 Å². The lowest BCUT2D eigenvalue weighted by atomic mass is 10.5. The summed E-state index contributed by atoms with van der Waals surface area (Å²) in [7, 11) is -0.711. The van der Waals surface area contributed by atoms with Gasteiger partial charge in [-0.25, -0.2) is 4.57 Å². The highest BCUT2D eigenvalue weighted by Gasteiger charge is 2.15. The van der Waals surface area contributed by atoms with Crippen LogP contribution in [0.1, 0.15) is 6.92 Å². The molecule has 0 N–H and O–H groups in total. The molecule has 0 radical (unpaired) electrons. The molecule has 0 aliphatic carbocycles. The zero-order chi connectivity index (χ0) is 7.28. The monoisotopic (exact) mass is 146 g/mol. The van der Waals surface area contributed by atoms with Crippen molar-refractivity contribution in [2.75, 3.05) is 0 Å². The van der Waals surface area contributed by atoms with E-state index in [9.17, 15) is 9.36 Å². The molecule has 9 heavy (non-hydrogen) atoms. The molecule has 0 spiro atoms. The standard InChI is InChI=1S/C3H3N2O3P/c1-2(6)3(5-4)8-9-7/h1H3. The molecular weight excluding hydrogens is 143 g/mol. The predicted octanol–water partition coefficient (Wildman–Crippen LogP) is 0.427. The maximum Gasteiger partial charge on any atom is 0.528 e. The second-order valence-electron chi connectivity index (χ2n) is 1.13. The van der Waals surface area contributed by atoms with Crippen LogP contribution in [0.5, 0.6) is 0 Å². The minimum absolute atomic E-state index is 0.563. The molecular formula is C3H3N2O3P. The number of carbonyl (C=O) groups is 1. The summed E-state index contributed by atoms with van der Waals surface area (Å²) in [5, 5.41) is 0. The van der Waals surface area contributed by atoms with Crippen molar-refractivity contribution in [1.29, 1.82) is 0 Å². The number of ketones is 1. The van der Waals surface area contributed by atoms with Crippen LogP contribution in [0.25, 0.3) is 5.53 Å². The van der Waals surface area contributed by atoms with E-state index in [2.05, 4.69) is 9.31 Å². The molecule has 5 nitrogen and oxygen atoms in total. The number of rotatable bonds is 2. The number of hydrogen-bond donors (Lipinski definition) is 0. The Hall–Kier alpha value is -1.05. The Bertz CT molecular complexity index is 183. The molecule has 0 amide bonds. The highest BCUT2D eigenvalue weighted by Crippen LogP contribution is 1.94. The third kappa shape index (κ3) is 2.69. The Morgan fingerprint density at radius 1 is 1.78 bits per heavy atom. The number of nitrogens with zero attached hydrogens (tertiary/aromatic N) is 2. The summed E-state index contributed by atoms with van der Waals surface area (Å²) < 4.78 is 13.6. The van der Waals surface area contributed by atoms with E-state index in [1.807, 2.05) is 0 Å². The van der Waals surface area contributed by atoms with E-state index in [1.54, 1.807) is 0 Å². The zero-order valence-electron chi connectivity index (χ0n) is 4.57. The molecule has 0 aromatic carbocycles. The van der Waals surface area contributed by atoms with Gasteiger partial charge in [-0.05, 0) is 0 Å². The first-order valence-electron chi connectivity index (χ1n) is 1.95. The van der Waals surface area contributed by atoms with Gasteiger partial charge >= 0.3 is 14.6 Å². The van der Waals surface area contributed by atoms with Crippen molar-refractivity contribution in [2.45, 2.75) is 6.92 Å².